The van der Waals surface area contributed by atoms with E-state index < -0.39 is 0 Å². The van der Waals surface area contributed by atoms with Crippen molar-refractivity contribution in [1.29, 1.82) is 0 Å². The van der Waals surface area contributed by atoms with E-state index in [1.165, 1.54) is 6.07 Å². The summed E-state index contributed by atoms with van der Waals surface area (Å²) in [6.45, 7) is 4.45. The SMILES string of the molecule is CCN[C@@H]1CCOC[C@H]1Cc1c(F)cccc1Cl. The molecule has 1 heterocycles. The molecule has 0 saturated carbocycles. The second-order valence-electron chi connectivity index (χ2n) is 4.69. The van der Waals surface area contributed by atoms with Crippen LogP contribution in [0.1, 0.15) is 18.9 Å². The summed E-state index contributed by atoms with van der Waals surface area (Å²) in [6.07, 6.45) is 1.60. The number of halogens is 2. The number of rotatable bonds is 4. The molecule has 2 rings (SSSR count). The van der Waals surface area contributed by atoms with Crippen LogP contribution in [0.5, 0.6) is 0 Å². The second-order valence-corrected chi connectivity index (χ2v) is 5.10. The van der Waals surface area contributed by atoms with Gasteiger partial charge in [-0.15, -0.1) is 0 Å². The zero-order chi connectivity index (χ0) is 13.0. The third-order valence-electron chi connectivity index (χ3n) is 3.47. The standard InChI is InChI=1S/C14H19ClFNO/c1-2-17-14-6-7-18-9-10(14)8-11-12(15)4-3-5-13(11)16/h3-5,10,14,17H,2,6-9H2,1H3/t10-,14-/m1/s1. The predicted molar refractivity (Wildman–Crippen MR) is 71.5 cm³/mol. The van der Waals surface area contributed by atoms with E-state index in [-0.39, 0.29) is 11.7 Å². The van der Waals surface area contributed by atoms with Crippen molar-refractivity contribution in [3.63, 3.8) is 0 Å². The molecule has 1 aliphatic rings. The van der Waals surface area contributed by atoms with Gasteiger partial charge in [-0.3, -0.25) is 0 Å². The van der Waals surface area contributed by atoms with Crippen LogP contribution in [0.15, 0.2) is 18.2 Å². The topological polar surface area (TPSA) is 21.3 Å². The maximum atomic E-state index is 13.8. The summed E-state index contributed by atoms with van der Waals surface area (Å²) in [5.74, 6) is 0.0661. The lowest BCUT2D eigenvalue weighted by atomic mass is 9.89. The smallest absolute Gasteiger partial charge is 0.127 e. The van der Waals surface area contributed by atoms with Crippen LogP contribution in [0.25, 0.3) is 0 Å². The van der Waals surface area contributed by atoms with Gasteiger partial charge in [-0.25, -0.2) is 4.39 Å². The van der Waals surface area contributed by atoms with Gasteiger partial charge in [-0.2, -0.15) is 0 Å². The molecule has 0 aromatic heterocycles. The Bertz CT molecular complexity index is 377. The number of nitrogens with one attached hydrogen (secondary N) is 1. The van der Waals surface area contributed by atoms with Crippen molar-refractivity contribution in [2.45, 2.75) is 25.8 Å². The molecule has 1 aromatic rings. The lowest BCUT2D eigenvalue weighted by molar-refractivity contribution is 0.0324. The van der Waals surface area contributed by atoms with Crippen LogP contribution in [0, 0.1) is 11.7 Å². The molecule has 0 unspecified atom stereocenters. The highest BCUT2D eigenvalue weighted by Gasteiger charge is 2.26. The fraction of sp³-hybridized carbons (Fsp3) is 0.571. The monoisotopic (exact) mass is 271 g/mol. The van der Waals surface area contributed by atoms with Crippen molar-refractivity contribution >= 4 is 11.6 Å². The quantitative estimate of drug-likeness (QED) is 0.909. The van der Waals surface area contributed by atoms with Gasteiger partial charge in [0.2, 0.25) is 0 Å². The van der Waals surface area contributed by atoms with Crippen LogP contribution in [0.4, 0.5) is 4.39 Å². The van der Waals surface area contributed by atoms with Gasteiger partial charge < -0.3 is 10.1 Å². The van der Waals surface area contributed by atoms with E-state index in [1.807, 2.05) is 0 Å². The van der Waals surface area contributed by atoms with Crippen LogP contribution >= 0.6 is 11.6 Å². The Kier molecular flexibility index (Phi) is 4.98. The fourth-order valence-corrected chi connectivity index (χ4v) is 2.76. The Hall–Kier alpha value is -0.640. The molecule has 2 atom stereocenters. The van der Waals surface area contributed by atoms with Crippen LogP contribution < -0.4 is 5.32 Å². The minimum absolute atomic E-state index is 0.219. The Morgan fingerprint density at radius 3 is 3.06 bits per heavy atom. The first kappa shape index (κ1) is 13.8. The molecule has 4 heteroatoms. The van der Waals surface area contributed by atoms with E-state index in [4.69, 9.17) is 16.3 Å². The molecular formula is C14H19ClFNO. The highest BCUT2D eigenvalue weighted by atomic mass is 35.5. The molecule has 0 aliphatic carbocycles. The molecule has 18 heavy (non-hydrogen) atoms. The van der Waals surface area contributed by atoms with E-state index in [1.54, 1.807) is 12.1 Å². The van der Waals surface area contributed by atoms with Gasteiger partial charge in [0.25, 0.3) is 0 Å². The van der Waals surface area contributed by atoms with Crippen molar-refractivity contribution in [2.75, 3.05) is 19.8 Å². The summed E-state index contributed by atoms with van der Waals surface area (Å²) in [6, 6.07) is 5.23. The van der Waals surface area contributed by atoms with Gasteiger partial charge >= 0.3 is 0 Å². The third kappa shape index (κ3) is 3.22. The summed E-state index contributed by atoms with van der Waals surface area (Å²) in [5.41, 5.74) is 0.609. The average molecular weight is 272 g/mol. The third-order valence-corrected chi connectivity index (χ3v) is 3.82. The molecule has 1 saturated heterocycles. The van der Waals surface area contributed by atoms with Crippen LogP contribution in [-0.2, 0) is 11.2 Å². The maximum absolute atomic E-state index is 13.8. The normalized spacial score (nSPS) is 24.2. The molecular weight excluding hydrogens is 253 g/mol. The summed E-state index contributed by atoms with van der Waals surface area (Å²) in [7, 11) is 0. The summed E-state index contributed by atoms with van der Waals surface area (Å²) in [5, 5.41) is 3.96. The Morgan fingerprint density at radius 1 is 1.50 bits per heavy atom. The van der Waals surface area contributed by atoms with Crippen molar-refractivity contribution < 1.29 is 9.13 Å². The van der Waals surface area contributed by atoms with Gasteiger partial charge in [0.1, 0.15) is 5.82 Å². The first-order valence-corrected chi connectivity index (χ1v) is 6.84. The van der Waals surface area contributed by atoms with Gasteiger partial charge in [-0.1, -0.05) is 24.6 Å². The van der Waals surface area contributed by atoms with Gasteiger partial charge in [-0.05, 0) is 31.5 Å². The number of hydrogen-bond donors (Lipinski definition) is 1. The second kappa shape index (κ2) is 6.50. The van der Waals surface area contributed by atoms with Crippen LogP contribution in [-0.4, -0.2) is 25.8 Å². The molecule has 0 bridgehead atoms. The molecule has 1 fully saturated rings. The minimum Gasteiger partial charge on any atom is -0.381 e. The van der Waals surface area contributed by atoms with Crippen molar-refractivity contribution in [3.8, 4) is 0 Å². The molecule has 2 nitrogen and oxygen atoms in total. The number of ether oxygens (including phenoxy) is 1. The number of benzene rings is 1. The molecule has 1 aromatic carbocycles. The molecule has 1 N–H and O–H groups in total. The van der Waals surface area contributed by atoms with Crippen molar-refractivity contribution in [2.24, 2.45) is 5.92 Å². The first-order valence-electron chi connectivity index (χ1n) is 6.46. The van der Waals surface area contributed by atoms with E-state index in [0.717, 1.165) is 19.6 Å². The summed E-state index contributed by atoms with van der Waals surface area (Å²) >= 11 is 6.07. The Labute approximate surface area is 112 Å². The molecule has 0 spiro atoms. The largest absolute Gasteiger partial charge is 0.381 e. The highest BCUT2D eigenvalue weighted by molar-refractivity contribution is 6.31. The zero-order valence-corrected chi connectivity index (χ0v) is 11.3. The summed E-state index contributed by atoms with van der Waals surface area (Å²) in [4.78, 5) is 0. The molecule has 100 valence electrons. The molecule has 0 radical (unpaired) electrons. The Balaban J connectivity index is 2.11. The van der Waals surface area contributed by atoms with Crippen LogP contribution in [0.2, 0.25) is 5.02 Å². The predicted octanol–water partition coefficient (Wildman–Crippen LogP) is 3.04. The lowest BCUT2D eigenvalue weighted by Gasteiger charge is -2.32. The molecule has 0 amide bonds. The Morgan fingerprint density at radius 2 is 2.33 bits per heavy atom. The first-order chi connectivity index (χ1) is 8.72. The fourth-order valence-electron chi connectivity index (χ4n) is 2.52. The lowest BCUT2D eigenvalue weighted by Crippen LogP contribution is -2.43. The van der Waals surface area contributed by atoms with E-state index >= 15 is 0 Å². The van der Waals surface area contributed by atoms with E-state index in [2.05, 4.69) is 12.2 Å². The zero-order valence-electron chi connectivity index (χ0n) is 10.6. The van der Waals surface area contributed by atoms with Gasteiger partial charge in [0, 0.05) is 29.2 Å². The minimum atomic E-state index is -0.219. The average Bonchev–Trinajstić information content (AvgIpc) is 2.36. The maximum Gasteiger partial charge on any atom is 0.127 e. The van der Waals surface area contributed by atoms with E-state index in [0.29, 0.717) is 29.7 Å². The molecule has 1 aliphatic heterocycles. The van der Waals surface area contributed by atoms with Crippen molar-refractivity contribution in [1.82, 2.24) is 5.32 Å². The highest BCUT2D eigenvalue weighted by Crippen LogP contribution is 2.26. The number of hydrogen-bond acceptors (Lipinski definition) is 2. The summed E-state index contributed by atoms with van der Waals surface area (Å²) < 4.78 is 19.3. The van der Waals surface area contributed by atoms with Crippen molar-refractivity contribution in [3.05, 3.63) is 34.6 Å². The van der Waals surface area contributed by atoms with E-state index in [9.17, 15) is 4.39 Å². The van der Waals surface area contributed by atoms with Gasteiger partial charge in [0.05, 0.1) is 6.61 Å². The van der Waals surface area contributed by atoms with Gasteiger partial charge in [0.15, 0.2) is 0 Å². The van der Waals surface area contributed by atoms with Crippen LogP contribution in [0.3, 0.4) is 0 Å².